The molecule has 1 rings (SSSR count). The van der Waals surface area contributed by atoms with Crippen LogP contribution >= 0.6 is 22.6 Å². The van der Waals surface area contributed by atoms with Gasteiger partial charge in [0.2, 0.25) is 0 Å². The third-order valence-corrected chi connectivity index (χ3v) is 9.64. The summed E-state index contributed by atoms with van der Waals surface area (Å²) in [5.74, 6) is 0.0244. The molecule has 0 radical (unpaired) electrons. The van der Waals surface area contributed by atoms with Crippen molar-refractivity contribution < 1.29 is 24.1 Å². The van der Waals surface area contributed by atoms with Crippen LogP contribution in [0.3, 0.4) is 0 Å². The Bertz CT molecular complexity index is 772. The van der Waals surface area contributed by atoms with E-state index in [-0.39, 0.29) is 29.8 Å². The zero-order valence-electron chi connectivity index (χ0n) is 21.2. The van der Waals surface area contributed by atoms with Gasteiger partial charge in [-0.3, -0.25) is 0 Å². The van der Waals surface area contributed by atoms with Gasteiger partial charge in [0.15, 0.2) is 0 Å². The number of rotatable bonds is 13. The number of halogens is 1. The summed E-state index contributed by atoms with van der Waals surface area (Å²) < 4.78 is 21.0. The zero-order valence-corrected chi connectivity index (χ0v) is 26.3. The summed E-state index contributed by atoms with van der Waals surface area (Å²) in [6, 6.07) is 7.76. The summed E-state index contributed by atoms with van der Waals surface area (Å²) in [5.41, 5.74) is 1.04. The fourth-order valence-corrected chi connectivity index (χ4v) is 6.33. The Labute approximate surface area is 218 Å². The second-order valence-corrected chi connectivity index (χ2v) is 25.0. The molecule has 7 heteroatoms. The molecule has 1 aromatic rings. The molecule has 0 aliphatic rings. The maximum atomic E-state index is 12.3. The van der Waals surface area contributed by atoms with E-state index < -0.39 is 30.6 Å². The topological polar surface area (TPSA) is 65.0 Å². The molecule has 186 valence electrons. The number of aliphatic hydroxyl groups excluding tert-OH is 1. The van der Waals surface area contributed by atoms with Crippen LogP contribution < -0.4 is 4.74 Å². The molecule has 1 aromatic carbocycles. The van der Waals surface area contributed by atoms with Crippen molar-refractivity contribution in [2.75, 3.05) is 7.11 Å². The first-order valence-corrected chi connectivity index (χ1v) is 22.9. The smallest absolute Gasteiger partial charge is 0.0196 e. The molecular weight excluding hydrogens is 638 g/mol. The van der Waals surface area contributed by atoms with E-state index in [2.05, 4.69) is 31.9 Å². The van der Waals surface area contributed by atoms with Crippen LogP contribution in [-0.4, -0.2) is 54.9 Å². The minimum absolute atomic E-state index is 0.000130. The second-order valence-electron chi connectivity index (χ2n) is 9.85. The van der Waals surface area contributed by atoms with Gasteiger partial charge in [0.25, 0.3) is 0 Å². The minimum atomic E-state index is -2.12. The van der Waals surface area contributed by atoms with E-state index in [1.807, 2.05) is 67.6 Å². The van der Waals surface area contributed by atoms with Gasteiger partial charge in [0.1, 0.15) is 5.75 Å². The summed E-state index contributed by atoms with van der Waals surface area (Å²) in [6.45, 7) is 8.41. The first kappa shape index (κ1) is 30.4. The molecule has 0 aliphatic heterocycles. The summed E-state index contributed by atoms with van der Waals surface area (Å²) in [7, 11) is 1.64. The number of carbonyl (C=O) groups excluding carboxylic acids is 1. The monoisotopic (exact) mass is 680 g/mol. The maximum absolute atomic E-state index is 12.3. The quantitative estimate of drug-likeness (QED) is 0.117. The molecule has 5 nitrogen and oxygen atoms in total. The van der Waals surface area contributed by atoms with Gasteiger partial charge < -0.3 is 4.74 Å². The van der Waals surface area contributed by atoms with E-state index in [4.69, 9.17) is 14.2 Å². The first-order chi connectivity index (χ1) is 15.4. The fourth-order valence-electron chi connectivity index (χ4n) is 3.52. The van der Waals surface area contributed by atoms with E-state index in [0.717, 1.165) is 11.3 Å². The number of aliphatic hydroxyl groups is 1. The molecule has 0 saturated heterocycles. The second kappa shape index (κ2) is 14.7. The van der Waals surface area contributed by atoms with E-state index in [0.29, 0.717) is 6.61 Å². The van der Waals surface area contributed by atoms with Gasteiger partial charge in [-0.25, -0.2) is 0 Å². The number of ether oxygens (including phenoxy) is 3. The van der Waals surface area contributed by atoms with Gasteiger partial charge in [-0.2, -0.15) is 0 Å². The normalized spacial score (nSPS) is 18.0. The third-order valence-electron chi connectivity index (χ3n) is 5.88. The van der Waals surface area contributed by atoms with Crippen LogP contribution in [-0.2, 0) is 20.9 Å². The number of hydrogen-bond donors (Lipinski definition) is 1. The summed E-state index contributed by atoms with van der Waals surface area (Å²) in [5, 5.41) is 11.2. The number of hydrogen-bond acceptors (Lipinski definition) is 5. The predicted molar refractivity (Wildman–Crippen MR) is 146 cm³/mol. The van der Waals surface area contributed by atoms with Crippen LogP contribution in [0.1, 0.15) is 33.3 Å². The number of carbonyl (C=O) groups is 1. The number of methoxy groups -OCH3 is 1. The van der Waals surface area contributed by atoms with Crippen LogP contribution in [0.2, 0.25) is 14.8 Å². The van der Waals surface area contributed by atoms with Crippen molar-refractivity contribution in [3.05, 3.63) is 50.2 Å². The molecule has 0 aromatic heterocycles. The molecule has 33 heavy (non-hydrogen) atoms. The molecule has 1 N–H and O–H groups in total. The van der Waals surface area contributed by atoms with Crippen molar-refractivity contribution in [2.45, 2.75) is 67.4 Å². The van der Waals surface area contributed by atoms with Crippen LogP contribution in [0.4, 0.5) is 0 Å². The van der Waals surface area contributed by atoms with Crippen molar-refractivity contribution >= 4 is 46.9 Å². The van der Waals surface area contributed by atoms with Gasteiger partial charge in [-0.15, -0.1) is 0 Å². The molecule has 0 aliphatic carbocycles. The molecule has 0 heterocycles. The predicted octanol–water partition coefficient (Wildman–Crippen LogP) is 6.16. The van der Waals surface area contributed by atoms with Gasteiger partial charge in [-0.05, 0) is 12.1 Å². The Morgan fingerprint density at radius 3 is 2.21 bits per heavy atom. The van der Waals surface area contributed by atoms with Gasteiger partial charge >= 0.3 is 190 Å². The van der Waals surface area contributed by atoms with Crippen LogP contribution in [0, 0.1) is 17.8 Å². The molecule has 0 saturated carbocycles. The van der Waals surface area contributed by atoms with E-state index in [1.165, 1.54) is 6.08 Å². The SMILES string of the molecule is COc1ccc(CO[C@H](C)[C@@H](C)[C@H](O)[C@H](C)[C@@H](OC(=O)/C=C/I)[C@@H](C)/C=[CH]/[Sn]([CH3])([CH3])[CH3])cc1. The number of benzene rings is 1. The third kappa shape index (κ3) is 11.1. The first-order valence-electron chi connectivity index (χ1n) is 11.5. The minimum Gasteiger partial charge on any atom is -0.0196 e. The fraction of sp³-hybridized carbons (Fsp3) is 0.577. The van der Waals surface area contributed by atoms with Gasteiger partial charge in [0.05, 0.1) is 7.11 Å². The summed E-state index contributed by atoms with van der Waals surface area (Å²) >= 11 is -0.122. The van der Waals surface area contributed by atoms with Crippen LogP contribution in [0.25, 0.3) is 0 Å². The van der Waals surface area contributed by atoms with Crippen molar-refractivity contribution in [1.29, 1.82) is 0 Å². The van der Waals surface area contributed by atoms with E-state index in [9.17, 15) is 9.90 Å². The van der Waals surface area contributed by atoms with Crippen molar-refractivity contribution in [3.63, 3.8) is 0 Å². The van der Waals surface area contributed by atoms with Gasteiger partial charge in [0, 0.05) is 0 Å². The summed E-state index contributed by atoms with van der Waals surface area (Å²) in [4.78, 5) is 19.3. The molecular formula is C26H41IO5Sn. The van der Waals surface area contributed by atoms with E-state index in [1.54, 1.807) is 11.2 Å². The van der Waals surface area contributed by atoms with Crippen molar-refractivity contribution in [3.8, 4) is 5.75 Å². The molecule has 0 spiro atoms. The van der Waals surface area contributed by atoms with E-state index >= 15 is 0 Å². The molecule has 0 unspecified atom stereocenters. The molecule has 0 bridgehead atoms. The Morgan fingerprint density at radius 2 is 1.70 bits per heavy atom. The van der Waals surface area contributed by atoms with Crippen molar-refractivity contribution in [2.24, 2.45) is 17.8 Å². The summed E-state index contributed by atoms with van der Waals surface area (Å²) in [6.07, 6.45) is 2.29. The van der Waals surface area contributed by atoms with Crippen molar-refractivity contribution in [1.82, 2.24) is 0 Å². The Balaban J connectivity index is 2.88. The molecule has 0 fully saturated rings. The zero-order chi connectivity index (χ0) is 25.2. The molecule has 6 atom stereocenters. The van der Waals surface area contributed by atoms with Crippen LogP contribution in [0.15, 0.2) is 44.6 Å². The van der Waals surface area contributed by atoms with Gasteiger partial charge in [-0.1, -0.05) is 0 Å². The average molecular weight is 679 g/mol. The Hall–Kier alpha value is -0.581. The number of esters is 1. The molecule has 0 amide bonds. The Kier molecular flexibility index (Phi) is 13.6. The standard InChI is InChI=1S/C23H32IO5.3CH3.Sn/c1-7-15(2)23(29-21(25)12-13-24)17(4)22(26)16(3)18(5)28-14-19-8-10-20(27-6)11-9-19;;;;/h1,7-13,15-18,22-23,26H,14H2,2-6H3;3*1H3;/b7-1?,13-12+;;;;/t15-,16+,17-,18+,22-,23-;;;;/m0..../s1. The Morgan fingerprint density at radius 1 is 1.09 bits per heavy atom. The van der Waals surface area contributed by atoms with Crippen LogP contribution in [0.5, 0.6) is 5.75 Å². The average Bonchev–Trinajstić information content (AvgIpc) is 2.77.